The summed E-state index contributed by atoms with van der Waals surface area (Å²) in [6.45, 7) is 2.08. The lowest BCUT2D eigenvalue weighted by Gasteiger charge is -2.36. The molecule has 1 nitrogen and oxygen atoms in total. The van der Waals surface area contributed by atoms with Crippen LogP contribution in [-0.4, -0.2) is 16.6 Å². The number of rotatable bonds is 1. The Balaban J connectivity index is 2.54. The van der Waals surface area contributed by atoms with Crippen LogP contribution in [0, 0.1) is 5.92 Å². The minimum Gasteiger partial charge on any atom is -0.388 e. The molecule has 0 unspecified atom stereocenters. The first kappa shape index (κ1) is 8.35. The molecule has 0 bridgehead atoms. The van der Waals surface area contributed by atoms with Crippen molar-refractivity contribution in [2.24, 2.45) is 5.92 Å². The third kappa shape index (κ3) is 1.46. The van der Waals surface area contributed by atoms with Crippen LogP contribution < -0.4 is 0 Å². The molecule has 60 valence electrons. The molecule has 0 amide bonds. The van der Waals surface area contributed by atoms with E-state index in [1.54, 1.807) is 0 Å². The fourth-order valence-electron chi connectivity index (χ4n) is 1.60. The van der Waals surface area contributed by atoms with Gasteiger partial charge in [0.05, 0.1) is 11.5 Å². The highest BCUT2D eigenvalue weighted by molar-refractivity contribution is 6.18. The predicted molar refractivity (Wildman–Crippen MR) is 43.3 cm³/mol. The van der Waals surface area contributed by atoms with Gasteiger partial charge in [-0.05, 0) is 18.8 Å². The van der Waals surface area contributed by atoms with Gasteiger partial charge >= 0.3 is 0 Å². The highest BCUT2D eigenvalue weighted by Crippen LogP contribution is 2.33. The first-order valence-electron chi connectivity index (χ1n) is 3.97. The molecule has 0 aromatic carbocycles. The van der Waals surface area contributed by atoms with Crippen molar-refractivity contribution >= 4 is 11.6 Å². The van der Waals surface area contributed by atoms with Crippen LogP contribution in [0.15, 0.2) is 0 Å². The maximum absolute atomic E-state index is 9.82. The Morgan fingerprint density at radius 1 is 1.60 bits per heavy atom. The summed E-state index contributed by atoms with van der Waals surface area (Å²) in [4.78, 5) is 0. The Labute approximate surface area is 67.4 Å². The van der Waals surface area contributed by atoms with Crippen LogP contribution in [0.4, 0.5) is 0 Å². The maximum atomic E-state index is 9.82. The van der Waals surface area contributed by atoms with E-state index in [1.807, 2.05) is 0 Å². The smallest absolute Gasteiger partial charge is 0.0807 e. The van der Waals surface area contributed by atoms with Gasteiger partial charge < -0.3 is 5.11 Å². The molecule has 10 heavy (non-hydrogen) atoms. The minimum absolute atomic E-state index is 0.388. The van der Waals surface area contributed by atoms with Gasteiger partial charge in [-0.15, -0.1) is 11.6 Å². The normalized spacial score (nSPS) is 41.7. The first-order valence-corrected chi connectivity index (χ1v) is 4.51. The molecule has 0 heterocycles. The predicted octanol–water partition coefficient (Wildman–Crippen LogP) is 2.17. The summed E-state index contributed by atoms with van der Waals surface area (Å²) in [5.74, 6) is 0.785. The molecule has 2 atom stereocenters. The molecule has 0 radical (unpaired) electrons. The summed E-state index contributed by atoms with van der Waals surface area (Å²) in [5, 5.41) is 9.82. The molecule has 1 rings (SSSR count). The number of hydrogen-bond acceptors (Lipinski definition) is 1. The van der Waals surface area contributed by atoms with Crippen LogP contribution in [0.25, 0.3) is 0 Å². The molecule has 0 aromatic rings. The van der Waals surface area contributed by atoms with Gasteiger partial charge in [-0.1, -0.05) is 19.8 Å². The monoisotopic (exact) mass is 162 g/mol. The molecular formula is C8H15ClO. The molecule has 1 aliphatic carbocycles. The second-order valence-corrected chi connectivity index (χ2v) is 3.65. The molecule has 1 aliphatic rings. The van der Waals surface area contributed by atoms with E-state index < -0.39 is 5.60 Å². The Bertz CT molecular complexity index is 116. The molecule has 0 aromatic heterocycles. The molecule has 2 heteroatoms. The summed E-state index contributed by atoms with van der Waals surface area (Å²) in [7, 11) is 0. The van der Waals surface area contributed by atoms with Crippen LogP contribution in [0.1, 0.15) is 32.6 Å². The quantitative estimate of drug-likeness (QED) is 0.586. The van der Waals surface area contributed by atoms with E-state index in [0.29, 0.717) is 11.8 Å². The molecule has 0 saturated heterocycles. The molecular weight excluding hydrogens is 148 g/mol. The maximum Gasteiger partial charge on any atom is 0.0807 e. The van der Waals surface area contributed by atoms with Crippen molar-refractivity contribution in [1.29, 1.82) is 0 Å². The fourth-order valence-corrected chi connectivity index (χ4v) is 1.99. The number of aliphatic hydroxyl groups is 1. The largest absolute Gasteiger partial charge is 0.388 e. The average molecular weight is 163 g/mol. The summed E-state index contributed by atoms with van der Waals surface area (Å²) < 4.78 is 0. The minimum atomic E-state index is -0.556. The lowest BCUT2D eigenvalue weighted by atomic mass is 9.78. The van der Waals surface area contributed by atoms with Gasteiger partial charge in [-0.3, -0.25) is 0 Å². The van der Waals surface area contributed by atoms with E-state index in [2.05, 4.69) is 6.92 Å². The van der Waals surface area contributed by atoms with E-state index >= 15 is 0 Å². The lowest BCUT2D eigenvalue weighted by Crippen LogP contribution is -2.40. The van der Waals surface area contributed by atoms with Crippen molar-refractivity contribution in [1.82, 2.24) is 0 Å². The van der Waals surface area contributed by atoms with Crippen molar-refractivity contribution in [3.63, 3.8) is 0 Å². The second-order valence-electron chi connectivity index (χ2n) is 3.38. The average Bonchev–Trinajstić information content (AvgIpc) is 1.96. The van der Waals surface area contributed by atoms with Gasteiger partial charge in [-0.2, -0.15) is 0 Å². The van der Waals surface area contributed by atoms with Crippen LogP contribution >= 0.6 is 11.6 Å². The zero-order chi connectivity index (χ0) is 7.61. The van der Waals surface area contributed by atoms with Crippen LogP contribution in [-0.2, 0) is 0 Å². The molecule has 0 aliphatic heterocycles. The first-order chi connectivity index (χ1) is 4.69. The highest BCUT2D eigenvalue weighted by Gasteiger charge is 2.34. The van der Waals surface area contributed by atoms with E-state index in [-0.39, 0.29) is 0 Å². The van der Waals surface area contributed by atoms with E-state index in [4.69, 9.17) is 11.6 Å². The molecule has 0 spiro atoms. The van der Waals surface area contributed by atoms with Gasteiger partial charge in [0.1, 0.15) is 0 Å². The zero-order valence-corrected chi connectivity index (χ0v) is 7.19. The van der Waals surface area contributed by atoms with E-state index in [0.717, 1.165) is 19.3 Å². The van der Waals surface area contributed by atoms with Gasteiger partial charge in [-0.25, -0.2) is 0 Å². The fraction of sp³-hybridized carbons (Fsp3) is 1.00. The topological polar surface area (TPSA) is 20.2 Å². The number of alkyl halides is 1. The Morgan fingerprint density at radius 3 is 2.70 bits per heavy atom. The SMILES string of the molecule is C[C@H]1CCCC[C@]1(O)CCl. The van der Waals surface area contributed by atoms with Crippen molar-refractivity contribution in [3.05, 3.63) is 0 Å². The second kappa shape index (κ2) is 3.10. The number of halogens is 1. The van der Waals surface area contributed by atoms with Gasteiger partial charge in [0.25, 0.3) is 0 Å². The summed E-state index contributed by atoms with van der Waals surface area (Å²) in [6.07, 6.45) is 4.40. The highest BCUT2D eigenvalue weighted by atomic mass is 35.5. The molecule has 1 fully saturated rings. The number of hydrogen-bond donors (Lipinski definition) is 1. The van der Waals surface area contributed by atoms with Crippen LogP contribution in [0.2, 0.25) is 0 Å². The third-order valence-corrected chi connectivity index (χ3v) is 3.11. The molecule has 1 saturated carbocycles. The van der Waals surface area contributed by atoms with Crippen molar-refractivity contribution in [2.45, 2.75) is 38.2 Å². The van der Waals surface area contributed by atoms with Crippen molar-refractivity contribution in [3.8, 4) is 0 Å². The van der Waals surface area contributed by atoms with Gasteiger partial charge in [0.2, 0.25) is 0 Å². The van der Waals surface area contributed by atoms with Crippen LogP contribution in [0.3, 0.4) is 0 Å². The Morgan fingerprint density at radius 2 is 2.30 bits per heavy atom. The van der Waals surface area contributed by atoms with E-state index in [1.165, 1.54) is 6.42 Å². The van der Waals surface area contributed by atoms with Crippen molar-refractivity contribution < 1.29 is 5.11 Å². The van der Waals surface area contributed by atoms with Gasteiger partial charge in [0, 0.05) is 0 Å². The zero-order valence-electron chi connectivity index (χ0n) is 6.44. The molecule has 1 N–H and O–H groups in total. The Hall–Kier alpha value is 0.250. The standard InChI is InChI=1S/C8H15ClO/c1-7-4-2-3-5-8(7,10)6-9/h7,10H,2-6H2,1H3/t7-,8-/m0/s1. The lowest BCUT2D eigenvalue weighted by molar-refractivity contribution is -0.0206. The summed E-state index contributed by atoms with van der Waals surface area (Å²) in [6, 6.07) is 0. The van der Waals surface area contributed by atoms with Gasteiger partial charge in [0.15, 0.2) is 0 Å². The van der Waals surface area contributed by atoms with Crippen molar-refractivity contribution in [2.75, 3.05) is 5.88 Å². The summed E-state index contributed by atoms with van der Waals surface area (Å²) >= 11 is 5.67. The van der Waals surface area contributed by atoms with E-state index in [9.17, 15) is 5.11 Å². The summed E-state index contributed by atoms with van der Waals surface area (Å²) in [5.41, 5.74) is -0.556. The van der Waals surface area contributed by atoms with Crippen LogP contribution in [0.5, 0.6) is 0 Å². The third-order valence-electron chi connectivity index (χ3n) is 2.65. The Kier molecular flexibility index (Phi) is 2.59.